The first kappa shape index (κ1) is 19.6. The van der Waals surface area contributed by atoms with Crippen molar-refractivity contribution >= 4 is 28.6 Å². The van der Waals surface area contributed by atoms with Crippen LogP contribution in [-0.2, 0) is 13.0 Å². The smallest absolute Gasteiger partial charge is 0.283 e. The molecule has 0 fully saturated rings. The number of carbonyl (C=O) groups excluding carboxylic acids is 1. The minimum Gasteiger partial charge on any atom is -0.489 e. The summed E-state index contributed by atoms with van der Waals surface area (Å²) >= 11 is 1.16. The van der Waals surface area contributed by atoms with E-state index in [1.54, 1.807) is 6.21 Å². The summed E-state index contributed by atoms with van der Waals surface area (Å²) in [6.07, 6.45) is 2.22. The zero-order valence-electron chi connectivity index (χ0n) is 15.8. The van der Waals surface area contributed by atoms with E-state index in [2.05, 4.69) is 34.6 Å². The Hall–Kier alpha value is -3.19. The molecule has 1 aromatic heterocycles. The lowest BCUT2D eigenvalue weighted by Gasteiger charge is -2.07. The number of amides is 1. The molecule has 0 aliphatic heterocycles. The molecule has 3 aromatic rings. The number of rotatable bonds is 7. The lowest BCUT2D eigenvalue weighted by molar-refractivity contribution is 0.0958. The van der Waals surface area contributed by atoms with Gasteiger partial charge in [-0.05, 0) is 48.7 Å². The number of hydrogen-bond acceptors (Lipinski definition) is 6. The molecule has 0 radical (unpaired) electrons. The van der Waals surface area contributed by atoms with E-state index in [4.69, 9.17) is 10.5 Å². The Morgan fingerprint density at radius 1 is 1.29 bits per heavy atom. The van der Waals surface area contributed by atoms with Gasteiger partial charge in [0, 0.05) is 0 Å². The van der Waals surface area contributed by atoms with E-state index in [1.807, 2.05) is 43.3 Å². The highest BCUT2D eigenvalue weighted by atomic mass is 32.1. The van der Waals surface area contributed by atoms with Crippen LogP contribution in [0.25, 0.3) is 0 Å². The number of carbonyl (C=O) groups is 1. The number of nitrogens with two attached hydrogens (primary N) is 1. The summed E-state index contributed by atoms with van der Waals surface area (Å²) < 4.78 is 5.80. The minimum absolute atomic E-state index is 0.305. The normalized spacial score (nSPS) is 10.9. The molecule has 0 bridgehead atoms. The Morgan fingerprint density at radius 2 is 2.07 bits per heavy atom. The number of hydrazone groups is 1. The van der Waals surface area contributed by atoms with Gasteiger partial charge in [-0.15, -0.1) is 0 Å². The third-order valence-corrected chi connectivity index (χ3v) is 4.93. The summed E-state index contributed by atoms with van der Waals surface area (Å²) in [6.45, 7) is 4.50. The standard InChI is InChI=1S/C21H22N4O2S/c1-3-18-19(28-21(22)24-18)20(26)25-23-12-15-7-9-17(10-8-15)27-13-16-6-4-5-14(2)11-16/h4-12H,3,13H2,1-2H3,(H2,22,24)(H,25,26). The molecule has 0 spiro atoms. The average molecular weight is 395 g/mol. The predicted octanol–water partition coefficient (Wildman–Crippen LogP) is 3.94. The largest absolute Gasteiger partial charge is 0.489 e. The Morgan fingerprint density at radius 3 is 2.79 bits per heavy atom. The third kappa shape index (κ3) is 5.17. The molecule has 3 N–H and O–H groups in total. The van der Waals surface area contributed by atoms with Crippen molar-refractivity contribution in [3.05, 3.63) is 75.8 Å². The molecule has 3 rings (SSSR count). The number of aryl methyl sites for hydroxylation is 2. The zero-order valence-corrected chi connectivity index (χ0v) is 16.6. The molecule has 2 aromatic carbocycles. The molecule has 1 heterocycles. The van der Waals surface area contributed by atoms with Crippen molar-refractivity contribution in [3.8, 4) is 5.75 Å². The minimum atomic E-state index is -0.305. The van der Waals surface area contributed by atoms with E-state index < -0.39 is 0 Å². The van der Waals surface area contributed by atoms with Crippen molar-refractivity contribution in [1.29, 1.82) is 0 Å². The highest BCUT2D eigenvalue weighted by molar-refractivity contribution is 7.17. The van der Waals surface area contributed by atoms with Crippen LogP contribution in [-0.4, -0.2) is 17.1 Å². The van der Waals surface area contributed by atoms with Gasteiger partial charge in [-0.3, -0.25) is 4.79 Å². The van der Waals surface area contributed by atoms with Crippen molar-refractivity contribution < 1.29 is 9.53 Å². The van der Waals surface area contributed by atoms with Gasteiger partial charge in [-0.1, -0.05) is 48.1 Å². The number of anilines is 1. The Balaban J connectivity index is 1.54. The first-order valence-electron chi connectivity index (χ1n) is 8.92. The second-order valence-corrected chi connectivity index (χ2v) is 7.26. The van der Waals surface area contributed by atoms with Gasteiger partial charge >= 0.3 is 0 Å². The van der Waals surface area contributed by atoms with Crippen LogP contribution < -0.4 is 15.9 Å². The van der Waals surface area contributed by atoms with Gasteiger partial charge in [-0.2, -0.15) is 5.10 Å². The van der Waals surface area contributed by atoms with Gasteiger partial charge in [0.2, 0.25) is 0 Å². The number of aromatic nitrogens is 1. The first-order chi connectivity index (χ1) is 13.5. The average Bonchev–Trinajstić information content (AvgIpc) is 3.08. The van der Waals surface area contributed by atoms with Crippen molar-refractivity contribution in [2.75, 3.05) is 5.73 Å². The van der Waals surface area contributed by atoms with Crippen molar-refractivity contribution in [2.45, 2.75) is 26.9 Å². The molecule has 0 aliphatic carbocycles. The van der Waals surface area contributed by atoms with Crippen LogP contribution >= 0.6 is 11.3 Å². The van der Waals surface area contributed by atoms with E-state index in [0.717, 1.165) is 28.2 Å². The van der Waals surface area contributed by atoms with Gasteiger partial charge in [0.05, 0.1) is 11.9 Å². The molecule has 144 valence electrons. The summed E-state index contributed by atoms with van der Waals surface area (Å²) in [5, 5.41) is 4.39. The molecule has 1 amide bonds. The number of ether oxygens (including phenoxy) is 1. The van der Waals surface area contributed by atoms with Gasteiger partial charge in [0.25, 0.3) is 5.91 Å². The summed E-state index contributed by atoms with van der Waals surface area (Å²) in [6, 6.07) is 15.7. The Bertz CT molecular complexity index is 980. The maximum atomic E-state index is 12.2. The lowest BCUT2D eigenvalue weighted by Crippen LogP contribution is -2.17. The molecule has 0 saturated heterocycles. The van der Waals surface area contributed by atoms with E-state index in [9.17, 15) is 4.79 Å². The molecule has 0 atom stereocenters. The molecule has 0 aliphatic rings. The highest BCUT2D eigenvalue weighted by Gasteiger charge is 2.15. The van der Waals surface area contributed by atoms with Crippen LogP contribution in [0.4, 0.5) is 5.13 Å². The maximum Gasteiger partial charge on any atom is 0.283 e. The number of nitrogens with one attached hydrogen (secondary N) is 1. The Kier molecular flexibility index (Phi) is 6.39. The van der Waals surface area contributed by atoms with Crippen molar-refractivity contribution in [3.63, 3.8) is 0 Å². The summed E-state index contributed by atoms with van der Waals surface area (Å²) in [7, 11) is 0. The number of benzene rings is 2. The van der Waals surface area contributed by atoms with E-state index in [0.29, 0.717) is 28.7 Å². The molecular formula is C21H22N4O2S. The summed E-state index contributed by atoms with van der Waals surface area (Å²) in [4.78, 5) is 16.8. The molecule has 6 nitrogen and oxygen atoms in total. The molecular weight excluding hydrogens is 372 g/mol. The summed E-state index contributed by atoms with van der Waals surface area (Å²) in [5.41, 5.74) is 12.1. The van der Waals surface area contributed by atoms with Crippen LogP contribution in [0.5, 0.6) is 5.75 Å². The number of thiazole rings is 1. The van der Waals surface area contributed by atoms with Crippen molar-refractivity contribution in [2.24, 2.45) is 5.10 Å². The topological polar surface area (TPSA) is 89.6 Å². The third-order valence-electron chi connectivity index (χ3n) is 4.00. The quantitative estimate of drug-likeness (QED) is 0.469. The molecule has 28 heavy (non-hydrogen) atoms. The van der Waals surface area contributed by atoms with E-state index in [-0.39, 0.29) is 5.91 Å². The second kappa shape index (κ2) is 9.14. The fourth-order valence-electron chi connectivity index (χ4n) is 2.62. The van der Waals surface area contributed by atoms with Crippen LogP contribution in [0.3, 0.4) is 0 Å². The highest BCUT2D eigenvalue weighted by Crippen LogP contribution is 2.20. The van der Waals surface area contributed by atoms with Crippen LogP contribution in [0.15, 0.2) is 53.6 Å². The Labute approximate surface area is 168 Å². The van der Waals surface area contributed by atoms with Gasteiger partial charge in [0.1, 0.15) is 17.2 Å². The van der Waals surface area contributed by atoms with Crippen molar-refractivity contribution in [1.82, 2.24) is 10.4 Å². The van der Waals surface area contributed by atoms with Crippen LogP contribution in [0, 0.1) is 6.92 Å². The molecule has 0 unspecified atom stereocenters. The van der Waals surface area contributed by atoms with Crippen LogP contribution in [0.2, 0.25) is 0 Å². The maximum absolute atomic E-state index is 12.2. The van der Waals surface area contributed by atoms with E-state index in [1.165, 1.54) is 5.56 Å². The van der Waals surface area contributed by atoms with Gasteiger partial charge < -0.3 is 10.5 Å². The zero-order chi connectivity index (χ0) is 19.9. The first-order valence-corrected chi connectivity index (χ1v) is 9.73. The molecule has 0 saturated carbocycles. The fraction of sp³-hybridized carbons (Fsp3) is 0.190. The SMILES string of the molecule is CCc1nc(N)sc1C(=O)NN=Cc1ccc(OCc2cccc(C)c2)cc1. The molecule has 7 heteroatoms. The lowest BCUT2D eigenvalue weighted by atomic mass is 10.1. The monoisotopic (exact) mass is 394 g/mol. The van der Waals surface area contributed by atoms with Gasteiger partial charge in [0.15, 0.2) is 5.13 Å². The van der Waals surface area contributed by atoms with Gasteiger partial charge in [-0.25, -0.2) is 10.4 Å². The predicted molar refractivity (Wildman–Crippen MR) is 113 cm³/mol. The number of hydrogen-bond donors (Lipinski definition) is 2. The number of nitrogens with zero attached hydrogens (tertiary/aromatic N) is 2. The fourth-order valence-corrected chi connectivity index (χ4v) is 3.43. The number of nitrogen functional groups attached to an aromatic ring is 1. The summed E-state index contributed by atoms with van der Waals surface area (Å²) in [5.74, 6) is 0.468. The second-order valence-electron chi connectivity index (χ2n) is 6.23. The van der Waals surface area contributed by atoms with Crippen LogP contribution in [0.1, 0.15) is 39.0 Å². The van der Waals surface area contributed by atoms with E-state index >= 15 is 0 Å².